The lowest BCUT2D eigenvalue weighted by Gasteiger charge is -2.30. The van der Waals surface area contributed by atoms with Crippen molar-refractivity contribution in [2.45, 2.75) is 58.5 Å². The number of aromatic nitrogens is 4. The molecule has 7 heteroatoms. The summed E-state index contributed by atoms with van der Waals surface area (Å²) in [5.41, 5.74) is 2.72. The van der Waals surface area contributed by atoms with Crippen molar-refractivity contribution in [2.75, 3.05) is 11.9 Å². The summed E-state index contributed by atoms with van der Waals surface area (Å²) in [6, 6.07) is -0.328. The summed E-state index contributed by atoms with van der Waals surface area (Å²) < 4.78 is 1.88. The zero-order chi connectivity index (χ0) is 19.1. The van der Waals surface area contributed by atoms with Crippen molar-refractivity contribution < 1.29 is 4.79 Å². The number of carbonyl (C=O) groups excluding carboxylic acids is 1. The largest absolute Gasteiger partial charge is 0.350 e. The van der Waals surface area contributed by atoms with E-state index in [0.717, 1.165) is 42.0 Å². The van der Waals surface area contributed by atoms with Gasteiger partial charge in [0, 0.05) is 37.1 Å². The number of nitrogens with one attached hydrogen (secondary N) is 1. The van der Waals surface area contributed by atoms with Crippen LogP contribution in [0.2, 0.25) is 0 Å². The highest BCUT2D eigenvalue weighted by Crippen LogP contribution is 2.31. The first-order valence-corrected chi connectivity index (χ1v) is 9.08. The molecule has 140 valence electrons. The Morgan fingerprint density at radius 3 is 2.65 bits per heavy atom. The van der Waals surface area contributed by atoms with E-state index in [2.05, 4.69) is 10.3 Å². The van der Waals surface area contributed by atoms with Gasteiger partial charge in [-0.2, -0.15) is 0 Å². The molecule has 0 spiro atoms. The molecule has 0 aliphatic heterocycles. The predicted octanol–water partition coefficient (Wildman–Crippen LogP) is 2.11. The summed E-state index contributed by atoms with van der Waals surface area (Å²) >= 11 is 0. The maximum absolute atomic E-state index is 12.6. The Bertz CT molecular complexity index is 820. The number of fused-ring (bicyclic) bond motifs is 1. The van der Waals surface area contributed by atoms with Gasteiger partial charge in [-0.05, 0) is 47.0 Å². The molecule has 1 N–H and O–H groups in total. The van der Waals surface area contributed by atoms with Gasteiger partial charge in [-0.1, -0.05) is 0 Å². The number of hydrogen-bond acceptors (Lipinski definition) is 5. The SMILES string of the molecule is C[C@H](C(=O)NC(C)(C)C)N(C)c1nc(-c2cn(C)cn2)nc2c1CCC2. The fourth-order valence-corrected chi connectivity index (χ4v) is 3.18. The van der Waals surface area contributed by atoms with Crippen LogP contribution in [0.3, 0.4) is 0 Å². The second-order valence-corrected chi connectivity index (χ2v) is 8.10. The number of hydrogen-bond donors (Lipinski definition) is 1. The first kappa shape index (κ1) is 18.4. The Morgan fingerprint density at radius 1 is 1.31 bits per heavy atom. The minimum Gasteiger partial charge on any atom is -0.350 e. The Kier molecular flexibility index (Phi) is 4.73. The van der Waals surface area contributed by atoms with Crippen LogP contribution in [0.25, 0.3) is 11.5 Å². The molecule has 2 aromatic heterocycles. The zero-order valence-corrected chi connectivity index (χ0v) is 16.5. The van der Waals surface area contributed by atoms with Crippen LogP contribution in [-0.2, 0) is 24.7 Å². The van der Waals surface area contributed by atoms with E-state index in [1.807, 2.05) is 57.5 Å². The molecule has 7 nitrogen and oxygen atoms in total. The van der Waals surface area contributed by atoms with Crippen LogP contribution in [0.4, 0.5) is 5.82 Å². The van der Waals surface area contributed by atoms with E-state index in [9.17, 15) is 4.79 Å². The summed E-state index contributed by atoms with van der Waals surface area (Å²) in [7, 11) is 3.85. The summed E-state index contributed by atoms with van der Waals surface area (Å²) in [6.45, 7) is 7.86. The quantitative estimate of drug-likeness (QED) is 0.908. The first-order valence-electron chi connectivity index (χ1n) is 9.08. The molecular weight excluding hydrogens is 328 g/mol. The molecule has 0 radical (unpaired) electrons. The van der Waals surface area contributed by atoms with Crippen molar-refractivity contribution in [3.8, 4) is 11.5 Å². The second-order valence-electron chi connectivity index (χ2n) is 8.10. The van der Waals surface area contributed by atoms with Gasteiger partial charge in [-0.15, -0.1) is 0 Å². The lowest BCUT2D eigenvalue weighted by molar-refractivity contribution is -0.123. The molecule has 0 saturated heterocycles. The van der Waals surface area contributed by atoms with Crippen LogP contribution in [0.1, 0.15) is 45.4 Å². The molecule has 3 rings (SSSR count). The van der Waals surface area contributed by atoms with Gasteiger partial charge in [0.2, 0.25) is 5.91 Å². The monoisotopic (exact) mass is 356 g/mol. The number of aryl methyl sites for hydroxylation is 2. The van der Waals surface area contributed by atoms with E-state index in [-0.39, 0.29) is 17.5 Å². The van der Waals surface area contributed by atoms with E-state index in [1.165, 1.54) is 0 Å². The average molecular weight is 356 g/mol. The van der Waals surface area contributed by atoms with Gasteiger partial charge >= 0.3 is 0 Å². The van der Waals surface area contributed by atoms with Gasteiger partial charge in [0.25, 0.3) is 0 Å². The molecule has 2 aromatic rings. The molecule has 0 unspecified atom stereocenters. The zero-order valence-electron chi connectivity index (χ0n) is 16.5. The van der Waals surface area contributed by atoms with Crippen molar-refractivity contribution in [1.82, 2.24) is 24.8 Å². The van der Waals surface area contributed by atoms with E-state index in [4.69, 9.17) is 9.97 Å². The molecule has 0 bridgehead atoms. The first-order chi connectivity index (χ1) is 12.2. The van der Waals surface area contributed by atoms with Crippen LogP contribution in [0.15, 0.2) is 12.5 Å². The topological polar surface area (TPSA) is 75.9 Å². The van der Waals surface area contributed by atoms with Crippen molar-refractivity contribution >= 4 is 11.7 Å². The lowest BCUT2D eigenvalue weighted by Crippen LogP contribution is -2.50. The highest BCUT2D eigenvalue weighted by atomic mass is 16.2. The fraction of sp³-hybridized carbons (Fsp3) is 0.579. The molecule has 1 aliphatic rings. The molecule has 1 amide bonds. The molecule has 0 fully saturated rings. The minimum atomic E-state index is -0.328. The number of amides is 1. The fourth-order valence-electron chi connectivity index (χ4n) is 3.18. The molecule has 2 heterocycles. The number of rotatable bonds is 4. The molecule has 1 atom stereocenters. The Balaban J connectivity index is 1.95. The van der Waals surface area contributed by atoms with Crippen LogP contribution in [-0.4, -0.2) is 44.1 Å². The highest BCUT2D eigenvalue weighted by Gasteiger charge is 2.28. The summed E-state index contributed by atoms with van der Waals surface area (Å²) in [5, 5.41) is 3.05. The lowest BCUT2D eigenvalue weighted by atomic mass is 10.1. The van der Waals surface area contributed by atoms with Crippen LogP contribution >= 0.6 is 0 Å². The van der Waals surface area contributed by atoms with Gasteiger partial charge in [-0.3, -0.25) is 4.79 Å². The average Bonchev–Trinajstić information content (AvgIpc) is 3.19. The van der Waals surface area contributed by atoms with Crippen LogP contribution < -0.4 is 10.2 Å². The van der Waals surface area contributed by atoms with Gasteiger partial charge in [0.05, 0.1) is 6.33 Å². The van der Waals surface area contributed by atoms with Crippen LogP contribution in [0, 0.1) is 0 Å². The third-order valence-corrected chi connectivity index (χ3v) is 4.64. The second kappa shape index (κ2) is 6.70. The van der Waals surface area contributed by atoms with Crippen molar-refractivity contribution in [1.29, 1.82) is 0 Å². The molecule has 1 aliphatic carbocycles. The van der Waals surface area contributed by atoms with E-state index in [1.54, 1.807) is 6.33 Å². The van der Waals surface area contributed by atoms with E-state index < -0.39 is 0 Å². The number of nitrogens with zero attached hydrogens (tertiary/aromatic N) is 5. The molecule has 26 heavy (non-hydrogen) atoms. The number of imidazole rings is 1. The van der Waals surface area contributed by atoms with E-state index in [0.29, 0.717) is 5.82 Å². The summed E-state index contributed by atoms with van der Waals surface area (Å²) in [4.78, 5) is 28.5. The predicted molar refractivity (Wildman–Crippen MR) is 102 cm³/mol. The smallest absolute Gasteiger partial charge is 0.242 e. The summed E-state index contributed by atoms with van der Waals surface area (Å²) in [5.74, 6) is 1.45. The Labute approximate surface area is 154 Å². The standard InChI is InChI=1S/C19H28N6O/c1-12(18(26)23-19(2,3)4)25(6)17-13-8-7-9-14(13)21-16(22-17)15-10-24(5)11-20-15/h10-12H,7-9H2,1-6H3,(H,23,26)/t12-/m1/s1. The molecule has 0 aromatic carbocycles. The number of likely N-dealkylation sites (N-methyl/N-ethyl adjacent to an activating group) is 1. The van der Waals surface area contributed by atoms with Crippen molar-refractivity contribution in [2.24, 2.45) is 7.05 Å². The van der Waals surface area contributed by atoms with Gasteiger partial charge < -0.3 is 14.8 Å². The molecule has 0 saturated carbocycles. The van der Waals surface area contributed by atoms with Crippen molar-refractivity contribution in [3.05, 3.63) is 23.8 Å². The Morgan fingerprint density at radius 2 is 2.04 bits per heavy atom. The van der Waals surface area contributed by atoms with Gasteiger partial charge in [0.15, 0.2) is 5.82 Å². The Hall–Kier alpha value is -2.44. The minimum absolute atomic E-state index is 0.00950. The van der Waals surface area contributed by atoms with Crippen LogP contribution in [0.5, 0.6) is 0 Å². The summed E-state index contributed by atoms with van der Waals surface area (Å²) in [6.07, 6.45) is 6.62. The number of carbonyl (C=O) groups is 1. The van der Waals surface area contributed by atoms with Gasteiger partial charge in [-0.25, -0.2) is 15.0 Å². The normalized spacial score (nSPS) is 14.8. The molecular formula is C19H28N6O. The van der Waals surface area contributed by atoms with Crippen molar-refractivity contribution in [3.63, 3.8) is 0 Å². The highest BCUT2D eigenvalue weighted by molar-refractivity contribution is 5.85. The third kappa shape index (κ3) is 3.71. The maximum Gasteiger partial charge on any atom is 0.242 e. The number of anilines is 1. The third-order valence-electron chi connectivity index (χ3n) is 4.64. The maximum atomic E-state index is 12.6. The van der Waals surface area contributed by atoms with E-state index >= 15 is 0 Å². The van der Waals surface area contributed by atoms with Gasteiger partial charge in [0.1, 0.15) is 17.6 Å².